The Labute approximate surface area is 108 Å². The second kappa shape index (κ2) is 6.77. The summed E-state index contributed by atoms with van der Waals surface area (Å²) < 4.78 is 0. The van der Waals surface area contributed by atoms with Gasteiger partial charge in [0, 0.05) is 18.3 Å². The maximum atomic E-state index is 9.38. The van der Waals surface area contributed by atoms with Crippen LogP contribution in [0.1, 0.15) is 18.9 Å². The smallest absolute Gasteiger partial charge is 0.138 e. The number of anilines is 1. The predicted octanol–water partition coefficient (Wildman–Crippen LogP) is 2.55. The number of nitrogens with zero attached hydrogens (tertiary/aromatic N) is 1. The van der Waals surface area contributed by atoms with E-state index in [0.29, 0.717) is 11.7 Å². The fourth-order valence-electron chi connectivity index (χ4n) is 1.87. The Morgan fingerprint density at radius 2 is 2.18 bits per heavy atom. The minimum Gasteiger partial charge on any atom is -0.506 e. The van der Waals surface area contributed by atoms with Crippen molar-refractivity contribution in [2.75, 3.05) is 24.8 Å². The molecular formula is C13H22N2OS. The zero-order valence-corrected chi connectivity index (χ0v) is 11.6. The quantitative estimate of drug-likeness (QED) is 0.605. The summed E-state index contributed by atoms with van der Waals surface area (Å²) in [6.07, 6.45) is 3.28. The summed E-state index contributed by atoms with van der Waals surface area (Å²) in [7, 11) is 2.13. The van der Waals surface area contributed by atoms with Gasteiger partial charge >= 0.3 is 0 Å². The largest absolute Gasteiger partial charge is 0.506 e. The van der Waals surface area contributed by atoms with Crippen molar-refractivity contribution in [2.24, 2.45) is 0 Å². The van der Waals surface area contributed by atoms with E-state index in [1.807, 2.05) is 23.9 Å². The van der Waals surface area contributed by atoms with Gasteiger partial charge in [-0.05, 0) is 37.4 Å². The first-order chi connectivity index (χ1) is 8.08. The molecule has 4 heteroatoms. The molecule has 0 amide bonds. The molecule has 0 radical (unpaired) electrons. The van der Waals surface area contributed by atoms with Crippen LogP contribution < -0.4 is 5.73 Å². The Bertz CT molecular complexity index is 357. The van der Waals surface area contributed by atoms with Crippen LogP contribution in [-0.2, 0) is 6.54 Å². The Kier molecular flexibility index (Phi) is 5.65. The van der Waals surface area contributed by atoms with Gasteiger partial charge < -0.3 is 10.8 Å². The first kappa shape index (κ1) is 14.2. The van der Waals surface area contributed by atoms with E-state index in [9.17, 15) is 5.11 Å². The lowest BCUT2D eigenvalue weighted by Crippen LogP contribution is -2.32. The number of phenolic OH excluding ortho intramolecular Hbond substituents is 1. The molecule has 0 aromatic heterocycles. The first-order valence-electron chi connectivity index (χ1n) is 5.85. The van der Waals surface area contributed by atoms with Gasteiger partial charge in [0.25, 0.3) is 0 Å². The van der Waals surface area contributed by atoms with Crippen molar-refractivity contribution >= 4 is 17.4 Å². The standard InChI is InChI=1S/C13H22N2OS/c1-4-11(9-17-3)15(2)8-10-5-6-13(16)12(14)7-10/h5-7,11,16H,4,8-9,14H2,1-3H3. The molecule has 1 aromatic rings. The number of nitrogens with two attached hydrogens (primary N) is 1. The number of hydrogen-bond donors (Lipinski definition) is 2. The number of benzene rings is 1. The van der Waals surface area contributed by atoms with Crippen LogP contribution in [0.3, 0.4) is 0 Å². The topological polar surface area (TPSA) is 49.5 Å². The first-order valence-corrected chi connectivity index (χ1v) is 7.24. The van der Waals surface area contributed by atoms with Crippen LogP contribution in [0, 0.1) is 0 Å². The minimum atomic E-state index is 0.160. The van der Waals surface area contributed by atoms with Gasteiger partial charge in [0.1, 0.15) is 5.75 Å². The lowest BCUT2D eigenvalue weighted by molar-refractivity contribution is 0.248. The third kappa shape index (κ3) is 4.13. The fourth-order valence-corrected chi connectivity index (χ4v) is 2.74. The second-order valence-electron chi connectivity index (χ2n) is 4.33. The highest BCUT2D eigenvalue weighted by Crippen LogP contribution is 2.22. The Balaban J connectivity index is 2.66. The van der Waals surface area contributed by atoms with Gasteiger partial charge in [-0.1, -0.05) is 13.0 Å². The molecule has 3 nitrogen and oxygen atoms in total. The van der Waals surface area contributed by atoms with Crippen molar-refractivity contribution in [3.05, 3.63) is 23.8 Å². The summed E-state index contributed by atoms with van der Waals surface area (Å²) in [5.74, 6) is 1.30. The highest BCUT2D eigenvalue weighted by Gasteiger charge is 2.12. The highest BCUT2D eigenvalue weighted by molar-refractivity contribution is 7.98. The zero-order chi connectivity index (χ0) is 12.8. The van der Waals surface area contributed by atoms with Crippen molar-refractivity contribution in [2.45, 2.75) is 25.9 Å². The molecule has 0 saturated carbocycles. The Hall–Kier alpha value is -0.870. The van der Waals surface area contributed by atoms with E-state index >= 15 is 0 Å². The van der Waals surface area contributed by atoms with E-state index in [1.54, 1.807) is 6.07 Å². The summed E-state index contributed by atoms with van der Waals surface area (Å²) in [4.78, 5) is 2.34. The van der Waals surface area contributed by atoms with Crippen LogP contribution in [0.15, 0.2) is 18.2 Å². The summed E-state index contributed by atoms with van der Waals surface area (Å²) in [6, 6.07) is 6.01. The molecule has 0 aliphatic carbocycles. The van der Waals surface area contributed by atoms with Gasteiger partial charge in [0.05, 0.1) is 5.69 Å². The lowest BCUT2D eigenvalue weighted by atomic mass is 10.1. The minimum absolute atomic E-state index is 0.160. The van der Waals surface area contributed by atoms with E-state index in [-0.39, 0.29) is 5.75 Å². The number of phenols is 1. The molecule has 0 bridgehead atoms. The van der Waals surface area contributed by atoms with Crippen molar-refractivity contribution in [1.29, 1.82) is 0 Å². The van der Waals surface area contributed by atoms with Gasteiger partial charge in [-0.2, -0.15) is 11.8 Å². The van der Waals surface area contributed by atoms with Crippen molar-refractivity contribution in [3.8, 4) is 5.75 Å². The molecule has 17 heavy (non-hydrogen) atoms. The molecule has 96 valence electrons. The van der Waals surface area contributed by atoms with Crippen LogP contribution in [-0.4, -0.2) is 35.1 Å². The van der Waals surface area contributed by atoms with E-state index in [4.69, 9.17) is 5.73 Å². The number of rotatable bonds is 6. The maximum Gasteiger partial charge on any atom is 0.138 e. The summed E-state index contributed by atoms with van der Waals surface area (Å²) in [6.45, 7) is 3.08. The normalized spacial score (nSPS) is 12.9. The number of nitrogen functional groups attached to an aromatic ring is 1. The summed E-state index contributed by atoms with van der Waals surface area (Å²) in [5, 5.41) is 9.38. The number of hydrogen-bond acceptors (Lipinski definition) is 4. The molecule has 0 fully saturated rings. The molecule has 1 atom stereocenters. The molecular weight excluding hydrogens is 232 g/mol. The van der Waals surface area contributed by atoms with Crippen LogP contribution in [0.25, 0.3) is 0 Å². The molecule has 1 rings (SSSR count). The van der Waals surface area contributed by atoms with Crippen molar-refractivity contribution < 1.29 is 5.11 Å². The van der Waals surface area contributed by atoms with Crippen LogP contribution in [0.2, 0.25) is 0 Å². The van der Waals surface area contributed by atoms with Gasteiger partial charge in [-0.25, -0.2) is 0 Å². The molecule has 0 heterocycles. The average Bonchev–Trinajstić information content (AvgIpc) is 2.30. The highest BCUT2D eigenvalue weighted by atomic mass is 32.2. The van der Waals surface area contributed by atoms with E-state index < -0.39 is 0 Å². The molecule has 0 spiro atoms. The summed E-state index contributed by atoms with van der Waals surface area (Å²) >= 11 is 1.87. The van der Waals surface area contributed by atoms with E-state index in [0.717, 1.165) is 24.3 Å². The monoisotopic (exact) mass is 254 g/mol. The van der Waals surface area contributed by atoms with Gasteiger partial charge in [0.2, 0.25) is 0 Å². The number of aromatic hydroxyl groups is 1. The molecule has 0 aliphatic heterocycles. The second-order valence-corrected chi connectivity index (χ2v) is 5.24. The van der Waals surface area contributed by atoms with Gasteiger partial charge in [0.15, 0.2) is 0 Å². The fraction of sp³-hybridized carbons (Fsp3) is 0.538. The van der Waals surface area contributed by atoms with Crippen molar-refractivity contribution in [1.82, 2.24) is 4.90 Å². The average molecular weight is 254 g/mol. The SMILES string of the molecule is CCC(CSC)N(C)Cc1ccc(O)c(N)c1. The molecule has 1 unspecified atom stereocenters. The van der Waals surface area contributed by atoms with E-state index in [2.05, 4.69) is 25.1 Å². The zero-order valence-electron chi connectivity index (χ0n) is 10.8. The third-order valence-electron chi connectivity index (χ3n) is 2.98. The Morgan fingerprint density at radius 3 is 2.71 bits per heavy atom. The lowest BCUT2D eigenvalue weighted by Gasteiger charge is -2.26. The number of thioether (sulfide) groups is 1. The maximum absolute atomic E-state index is 9.38. The van der Waals surface area contributed by atoms with Crippen LogP contribution in [0.5, 0.6) is 5.75 Å². The molecule has 3 N–H and O–H groups in total. The molecule has 0 saturated heterocycles. The van der Waals surface area contributed by atoms with Crippen LogP contribution in [0.4, 0.5) is 5.69 Å². The van der Waals surface area contributed by atoms with Crippen LogP contribution >= 0.6 is 11.8 Å². The molecule has 0 aliphatic rings. The molecule has 1 aromatic carbocycles. The van der Waals surface area contributed by atoms with Gasteiger partial charge in [-0.15, -0.1) is 0 Å². The summed E-state index contributed by atoms with van der Waals surface area (Å²) in [5.41, 5.74) is 7.28. The van der Waals surface area contributed by atoms with E-state index in [1.165, 1.54) is 0 Å². The van der Waals surface area contributed by atoms with Crippen molar-refractivity contribution in [3.63, 3.8) is 0 Å². The third-order valence-corrected chi connectivity index (χ3v) is 3.70. The Morgan fingerprint density at radius 1 is 1.47 bits per heavy atom. The van der Waals surface area contributed by atoms with Gasteiger partial charge in [-0.3, -0.25) is 4.90 Å². The predicted molar refractivity (Wildman–Crippen MR) is 76.4 cm³/mol.